The summed E-state index contributed by atoms with van der Waals surface area (Å²) in [6, 6.07) is -3.37. The van der Waals surface area contributed by atoms with Crippen molar-refractivity contribution in [2.24, 2.45) is 5.73 Å². The predicted molar refractivity (Wildman–Crippen MR) is 117 cm³/mol. The van der Waals surface area contributed by atoms with Crippen molar-refractivity contribution in [3.63, 3.8) is 0 Å². The summed E-state index contributed by atoms with van der Waals surface area (Å²) in [5.74, 6) is -6.98. The van der Waals surface area contributed by atoms with Crippen molar-refractivity contribution >= 4 is 53.2 Å². The topological polar surface area (TPSA) is 222 Å². The monoisotopic (exact) mass is 504 g/mol. The van der Waals surface area contributed by atoms with Crippen molar-refractivity contribution in [2.45, 2.75) is 43.8 Å². The second-order valence-corrected chi connectivity index (χ2v) is 8.36. The van der Waals surface area contributed by atoms with Gasteiger partial charge in [0.05, 0.1) is 12.9 Å². The number of nitrogens with one attached hydrogen (secondary N) is 2. The molecule has 1 fully saturated rings. The van der Waals surface area contributed by atoms with Gasteiger partial charge in [-0.1, -0.05) is 0 Å². The van der Waals surface area contributed by atoms with Crippen molar-refractivity contribution < 1.29 is 48.5 Å². The van der Waals surface area contributed by atoms with Gasteiger partial charge in [0.25, 0.3) is 5.91 Å². The Morgan fingerprint density at radius 1 is 1.18 bits per heavy atom. The number of hydrogen-bond donors (Lipinski definition) is 5. The van der Waals surface area contributed by atoms with Gasteiger partial charge >= 0.3 is 17.9 Å². The van der Waals surface area contributed by atoms with Gasteiger partial charge in [-0.25, -0.2) is 4.79 Å². The Balaban J connectivity index is 2.67. The number of esters is 1. The molecule has 1 rings (SSSR count). The van der Waals surface area contributed by atoms with E-state index in [2.05, 4.69) is 15.4 Å². The largest absolute Gasteiger partial charge is 0.480 e. The lowest BCUT2D eigenvalue weighted by Gasteiger charge is -2.22. The highest BCUT2D eigenvalue weighted by atomic mass is 32.2. The van der Waals surface area contributed by atoms with Gasteiger partial charge in [0.2, 0.25) is 17.6 Å². The lowest BCUT2D eigenvalue weighted by Crippen LogP contribution is -2.49. The van der Waals surface area contributed by atoms with Crippen LogP contribution in [0, 0.1) is 0 Å². The van der Waals surface area contributed by atoms with E-state index in [4.69, 9.17) is 15.9 Å². The number of likely N-dealkylation sites (tertiary alicyclic amines) is 1. The highest BCUT2D eigenvalue weighted by molar-refractivity contribution is 8.00. The van der Waals surface area contributed by atoms with Gasteiger partial charge in [0.1, 0.15) is 24.7 Å². The van der Waals surface area contributed by atoms with E-state index >= 15 is 0 Å². The lowest BCUT2D eigenvalue weighted by atomic mass is 10.1. The molecule has 6 N–H and O–H groups in total. The van der Waals surface area contributed by atoms with Gasteiger partial charge in [0, 0.05) is 18.7 Å². The number of carboxylic acid groups (broad SMARTS) is 2. The molecule has 0 radical (unpaired) electrons. The van der Waals surface area contributed by atoms with Crippen LogP contribution in [-0.4, -0.2) is 106 Å². The number of hydrogen-bond acceptors (Lipinski definition) is 10. The van der Waals surface area contributed by atoms with Crippen LogP contribution in [0.3, 0.4) is 0 Å². The molecular formula is C19H28N4O10S. The van der Waals surface area contributed by atoms with Crippen LogP contribution in [0.4, 0.5) is 0 Å². The molecule has 190 valence electrons. The SMILES string of the molecule is COC(=O)C1CCCN1C(=O)C(=O)CSCC(NC(=O)CCC(N)C(=O)O)C(=O)NCC(=O)O. The Morgan fingerprint density at radius 3 is 2.44 bits per heavy atom. The number of nitrogens with two attached hydrogens (primary N) is 1. The zero-order valence-electron chi connectivity index (χ0n) is 18.5. The minimum atomic E-state index is -1.31. The third-order valence-corrected chi connectivity index (χ3v) is 5.84. The Kier molecular flexibility index (Phi) is 12.0. The smallest absolute Gasteiger partial charge is 0.328 e. The van der Waals surface area contributed by atoms with E-state index in [9.17, 15) is 33.6 Å². The number of ether oxygens (including phenoxy) is 1. The van der Waals surface area contributed by atoms with Crippen LogP contribution in [0.1, 0.15) is 25.7 Å². The fourth-order valence-corrected chi connectivity index (χ4v) is 3.92. The van der Waals surface area contributed by atoms with E-state index in [1.807, 2.05) is 0 Å². The van der Waals surface area contributed by atoms with Crippen molar-refractivity contribution in [3.8, 4) is 0 Å². The Hall–Kier alpha value is -3.20. The Labute approximate surface area is 198 Å². The van der Waals surface area contributed by atoms with Crippen LogP contribution >= 0.6 is 11.8 Å². The molecule has 0 aromatic carbocycles. The predicted octanol–water partition coefficient (Wildman–Crippen LogP) is -2.67. The first-order chi connectivity index (χ1) is 16.0. The second kappa shape index (κ2) is 14.1. The quantitative estimate of drug-likeness (QED) is 0.121. The molecule has 34 heavy (non-hydrogen) atoms. The summed E-state index contributed by atoms with van der Waals surface area (Å²) in [5, 5.41) is 21.9. The molecule has 1 aliphatic rings. The minimum absolute atomic E-state index is 0.179. The third-order valence-electron chi connectivity index (χ3n) is 4.81. The maximum absolute atomic E-state index is 12.4. The van der Waals surface area contributed by atoms with E-state index in [0.717, 1.165) is 16.7 Å². The lowest BCUT2D eigenvalue weighted by molar-refractivity contribution is -0.153. The van der Waals surface area contributed by atoms with Gasteiger partial charge in [-0.05, 0) is 19.3 Å². The molecule has 0 aromatic rings. The van der Waals surface area contributed by atoms with Crippen molar-refractivity contribution in [2.75, 3.05) is 31.7 Å². The van der Waals surface area contributed by atoms with Gasteiger partial charge in [-0.15, -0.1) is 0 Å². The fraction of sp³-hybridized carbons (Fsp3) is 0.632. The van der Waals surface area contributed by atoms with Crippen LogP contribution in [0.15, 0.2) is 0 Å². The second-order valence-electron chi connectivity index (χ2n) is 7.33. The summed E-state index contributed by atoms with van der Waals surface area (Å²) in [5.41, 5.74) is 5.34. The molecule has 14 nitrogen and oxygen atoms in total. The molecule has 0 aliphatic carbocycles. The minimum Gasteiger partial charge on any atom is -0.480 e. The summed E-state index contributed by atoms with van der Waals surface area (Å²) < 4.78 is 4.64. The van der Waals surface area contributed by atoms with E-state index in [-0.39, 0.29) is 30.9 Å². The molecule has 1 heterocycles. The average molecular weight is 505 g/mol. The number of amides is 3. The maximum atomic E-state index is 12.4. The van der Waals surface area contributed by atoms with E-state index < -0.39 is 66.1 Å². The van der Waals surface area contributed by atoms with Gasteiger partial charge in [-0.2, -0.15) is 11.8 Å². The van der Waals surface area contributed by atoms with Crippen LogP contribution in [0.2, 0.25) is 0 Å². The fourth-order valence-electron chi connectivity index (χ4n) is 3.03. The van der Waals surface area contributed by atoms with Crippen molar-refractivity contribution in [1.29, 1.82) is 0 Å². The summed E-state index contributed by atoms with van der Waals surface area (Å²) in [4.78, 5) is 83.5. The molecule has 1 saturated heterocycles. The van der Waals surface area contributed by atoms with E-state index in [0.29, 0.717) is 12.8 Å². The standard InChI is InChI=1S/C19H28N4O10S/c1-33-19(32)12-3-2-6-23(12)17(29)13(24)9-34-8-11(16(28)21-7-15(26)27)22-14(25)5-4-10(20)18(30)31/h10-12H,2-9,20H2,1H3,(H,21,28)(H,22,25)(H,26,27)(H,30,31). The molecule has 0 saturated carbocycles. The molecule has 0 aromatic heterocycles. The van der Waals surface area contributed by atoms with Gasteiger partial charge in [-0.3, -0.25) is 28.8 Å². The number of nitrogens with zero attached hydrogens (tertiary/aromatic N) is 1. The number of carboxylic acids is 2. The number of methoxy groups -OCH3 is 1. The number of rotatable bonds is 14. The molecule has 0 spiro atoms. The molecule has 1 aliphatic heterocycles. The zero-order valence-corrected chi connectivity index (χ0v) is 19.3. The number of Topliss-reactive ketones (excluding diaryl/α,β-unsaturated/α-hetero) is 1. The van der Waals surface area contributed by atoms with Gasteiger partial charge < -0.3 is 36.2 Å². The molecule has 3 atom stereocenters. The third kappa shape index (κ3) is 9.35. The van der Waals surface area contributed by atoms with Crippen LogP contribution in [0.25, 0.3) is 0 Å². The van der Waals surface area contributed by atoms with Crippen LogP contribution in [-0.2, 0) is 38.3 Å². The molecule has 3 amide bonds. The zero-order chi connectivity index (χ0) is 25.8. The first kappa shape index (κ1) is 28.8. The molecular weight excluding hydrogens is 476 g/mol. The van der Waals surface area contributed by atoms with Crippen LogP contribution < -0.4 is 16.4 Å². The number of carbonyl (C=O) groups is 7. The number of thioether (sulfide) groups is 1. The Bertz CT molecular complexity index is 821. The van der Waals surface area contributed by atoms with E-state index in [1.165, 1.54) is 7.11 Å². The van der Waals surface area contributed by atoms with Gasteiger partial charge in [0.15, 0.2) is 0 Å². The molecule has 0 bridgehead atoms. The Morgan fingerprint density at radius 2 is 1.85 bits per heavy atom. The summed E-state index contributed by atoms with van der Waals surface area (Å²) in [7, 11) is 1.18. The van der Waals surface area contributed by atoms with Crippen LogP contribution in [0.5, 0.6) is 0 Å². The van der Waals surface area contributed by atoms with Crippen molar-refractivity contribution in [3.05, 3.63) is 0 Å². The average Bonchev–Trinajstić information content (AvgIpc) is 3.28. The number of carbonyl (C=O) groups excluding carboxylic acids is 5. The van der Waals surface area contributed by atoms with Crippen molar-refractivity contribution in [1.82, 2.24) is 15.5 Å². The highest BCUT2D eigenvalue weighted by Crippen LogP contribution is 2.19. The van der Waals surface area contributed by atoms with E-state index in [1.54, 1.807) is 0 Å². The molecule has 3 unspecified atom stereocenters. The highest BCUT2D eigenvalue weighted by Gasteiger charge is 2.37. The number of ketones is 1. The first-order valence-corrected chi connectivity index (χ1v) is 11.4. The summed E-state index contributed by atoms with van der Waals surface area (Å²) >= 11 is 0.851. The maximum Gasteiger partial charge on any atom is 0.328 e. The normalized spacial score (nSPS) is 16.8. The first-order valence-electron chi connectivity index (χ1n) is 10.2. The molecule has 15 heteroatoms. The summed E-state index contributed by atoms with van der Waals surface area (Å²) in [6.07, 6.45) is 0.418. The summed E-state index contributed by atoms with van der Waals surface area (Å²) in [6.45, 7) is -0.481. The number of aliphatic carboxylic acids is 2.